The Labute approximate surface area is 159 Å². The Hall–Kier alpha value is -1.63. The SMILES string of the molecule is CC(C)N1CCC(NC(=O)[C@H]2OCC(=O)N[C@@H]2c2ccccc2Cl)CC1. The Morgan fingerprint density at radius 1 is 1.31 bits per heavy atom. The van der Waals surface area contributed by atoms with E-state index in [2.05, 4.69) is 29.4 Å². The molecule has 26 heavy (non-hydrogen) atoms. The molecule has 2 N–H and O–H groups in total. The van der Waals surface area contributed by atoms with Crippen LogP contribution in [0.5, 0.6) is 0 Å². The molecule has 0 unspecified atom stereocenters. The van der Waals surface area contributed by atoms with Crippen LogP contribution in [0, 0.1) is 0 Å². The molecular weight excluding hydrogens is 354 g/mol. The van der Waals surface area contributed by atoms with E-state index >= 15 is 0 Å². The number of benzene rings is 1. The number of hydrogen-bond acceptors (Lipinski definition) is 4. The minimum Gasteiger partial charge on any atom is -0.356 e. The third kappa shape index (κ3) is 4.37. The molecule has 2 aliphatic rings. The lowest BCUT2D eigenvalue weighted by Crippen LogP contribution is -2.55. The van der Waals surface area contributed by atoms with Crippen molar-refractivity contribution in [3.05, 3.63) is 34.9 Å². The van der Waals surface area contributed by atoms with E-state index in [0.29, 0.717) is 16.6 Å². The molecule has 2 fully saturated rings. The van der Waals surface area contributed by atoms with Crippen molar-refractivity contribution in [1.82, 2.24) is 15.5 Å². The number of likely N-dealkylation sites (tertiary alicyclic amines) is 1. The molecule has 6 nitrogen and oxygen atoms in total. The van der Waals surface area contributed by atoms with Gasteiger partial charge in [0.15, 0.2) is 6.10 Å². The molecule has 2 atom stereocenters. The van der Waals surface area contributed by atoms with E-state index in [1.165, 1.54) is 0 Å². The summed E-state index contributed by atoms with van der Waals surface area (Å²) in [7, 11) is 0. The topological polar surface area (TPSA) is 70.7 Å². The van der Waals surface area contributed by atoms with Gasteiger partial charge in [0, 0.05) is 30.2 Å². The number of nitrogens with one attached hydrogen (secondary N) is 2. The minimum absolute atomic E-state index is 0.120. The third-order valence-corrected chi connectivity index (χ3v) is 5.46. The molecule has 1 aromatic rings. The lowest BCUT2D eigenvalue weighted by Gasteiger charge is -2.37. The van der Waals surface area contributed by atoms with Gasteiger partial charge in [-0.2, -0.15) is 0 Å². The average molecular weight is 380 g/mol. The van der Waals surface area contributed by atoms with Crippen LogP contribution in [0.15, 0.2) is 24.3 Å². The minimum atomic E-state index is -0.782. The summed E-state index contributed by atoms with van der Waals surface area (Å²) in [4.78, 5) is 27.0. The maximum atomic E-state index is 12.8. The molecule has 0 bridgehead atoms. The maximum absolute atomic E-state index is 12.8. The fourth-order valence-corrected chi connectivity index (χ4v) is 3.84. The van der Waals surface area contributed by atoms with Crippen LogP contribution in [0.2, 0.25) is 5.02 Å². The van der Waals surface area contributed by atoms with Crippen LogP contribution in [0.25, 0.3) is 0 Å². The van der Waals surface area contributed by atoms with Crippen LogP contribution < -0.4 is 10.6 Å². The number of piperidine rings is 1. The monoisotopic (exact) mass is 379 g/mol. The summed E-state index contributed by atoms with van der Waals surface area (Å²) in [6, 6.07) is 7.27. The number of halogens is 1. The molecule has 3 rings (SSSR count). The van der Waals surface area contributed by atoms with Crippen molar-refractivity contribution in [2.75, 3.05) is 19.7 Å². The zero-order chi connectivity index (χ0) is 18.7. The van der Waals surface area contributed by atoms with Crippen molar-refractivity contribution in [2.24, 2.45) is 0 Å². The predicted molar refractivity (Wildman–Crippen MR) is 99.9 cm³/mol. The summed E-state index contributed by atoms with van der Waals surface area (Å²) < 4.78 is 5.58. The van der Waals surface area contributed by atoms with Gasteiger partial charge in [-0.25, -0.2) is 0 Å². The standard InChI is InChI=1S/C19H26ClN3O3/c1-12(2)23-9-7-13(8-10-23)21-19(25)18-17(22-16(24)11-26-18)14-5-3-4-6-15(14)20/h3-6,12-13,17-18H,7-11H2,1-2H3,(H,21,25)(H,22,24)/t17-,18+/m1/s1. The number of morpholine rings is 1. The van der Waals surface area contributed by atoms with Gasteiger partial charge in [0.25, 0.3) is 5.91 Å². The van der Waals surface area contributed by atoms with E-state index in [0.717, 1.165) is 25.9 Å². The second kappa shape index (κ2) is 8.37. The van der Waals surface area contributed by atoms with Crippen molar-refractivity contribution in [3.63, 3.8) is 0 Å². The summed E-state index contributed by atoms with van der Waals surface area (Å²) in [5.74, 6) is -0.442. The molecule has 2 saturated heterocycles. The van der Waals surface area contributed by atoms with Crippen molar-refractivity contribution < 1.29 is 14.3 Å². The summed E-state index contributed by atoms with van der Waals surface area (Å²) in [6.45, 7) is 6.19. The molecule has 0 spiro atoms. The Morgan fingerprint density at radius 3 is 2.65 bits per heavy atom. The molecule has 2 aliphatic heterocycles. The van der Waals surface area contributed by atoms with E-state index in [1.807, 2.05) is 18.2 Å². The molecule has 0 aromatic heterocycles. The predicted octanol–water partition coefficient (Wildman–Crippen LogP) is 1.89. The number of amides is 2. The van der Waals surface area contributed by atoms with Gasteiger partial charge in [0.05, 0.1) is 6.04 Å². The number of carbonyl (C=O) groups excluding carboxylic acids is 2. The van der Waals surface area contributed by atoms with Crippen LogP contribution in [-0.2, 0) is 14.3 Å². The smallest absolute Gasteiger partial charge is 0.251 e. The van der Waals surface area contributed by atoms with Crippen LogP contribution in [-0.4, -0.2) is 54.6 Å². The number of rotatable bonds is 4. The summed E-state index contributed by atoms with van der Waals surface area (Å²) in [6.07, 6.45) is 1.05. The van der Waals surface area contributed by atoms with Crippen molar-refractivity contribution in [3.8, 4) is 0 Å². The van der Waals surface area contributed by atoms with Gasteiger partial charge in [-0.05, 0) is 38.3 Å². The molecule has 7 heteroatoms. The van der Waals surface area contributed by atoms with Crippen LogP contribution >= 0.6 is 11.6 Å². The highest BCUT2D eigenvalue weighted by Gasteiger charge is 2.38. The van der Waals surface area contributed by atoms with E-state index < -0.39 is 12.1 Å². The summed E-state index contributed by atoms with van der Waals surface area (Å²) in [5.41, 5.74) is 0.692. The van der Waals surface area contributed by atoms with Crippen LogP contribution in [0.4, 0.5) is 0 Å². The van der Waals surface area contributed by atoms with E-state index in [1.54, 1.807) is 6.07 Å². The summed E-state index contributed by atoms with van der Waals surface area (Å²) in [5, 5.41) is 6.45. The molecule has 142 valence electrons. The number of carbonyl (C=O) groups is 2. The van der Waals surface area contributed by atoms with E-state index in [4.69, 9.17) is 16.3 Å². The molecule has 0 aliphatic carbocycles. The van der Waals surface area contributed by atoms with Crippen molar-refractivity contribution >= 4 is 23.4 Å². The highest BCUT2D eigenvalue weighted by atomic mass is 35.5. The largest absolute Gasteiger partial charge is 0.356 e. The number of nitrogens with zero attached hydrogens (tertiary/aromatic N) is 1. The van der Waals surface area contributed by atoms with E-state index in [-0.39, 0.29) is 24.5 Å². The quantitative estimate of drug-likeness (QED) is 0.838. The zero-order valence-corrected chi connectivity index (χ0v) is 16.0. The van der Waals surface area contributed by atoms with Gasteiger partial charge in [-0.3, -0.25) is 9.59 Å². The molecular formula is C19H26ClN3O3. The Kier molecular flexibility index (Phi) is 6.16. The van der Waals surface area contributed by atoms with Gasteiger partial charge in [-0.1, -0.05) is 29.8 Å². The van der Waals surface area contributed by atoms with Crippen LogP contribution in [0.1, 0.15) is 38.3 Å². The molecule has 2 amide bonds. The number of hydrogen-bond donors (Lipinski definition) is 2. The number of ether oxygens (including phenoxy) is 1. The molecule has 1 aromatic carbocycles. The fourth-order valence-electron chi connectivity index (χ4n) is 3.59. The molecule has 0 saturated carbocycles. The zero-order valence-electron chi connectivity index (χ0n) is 15.2. The van der Waals surface area contributed by atoms with Gasteiger partial charge in [-0.15, -0.1) is 0 Å². The Bertz CT molecular complexity index is 659. The molecule has 2 heterocycles. The average Bonchev–Trinajstić information content (AvgIpc) is 2.62. The van der Waals surface area contributed by atoms with Crippen molar-refractivity contribution in [1.29, 1.82) is 0 Å². The van der Waals surface area contributed by atoms with Gasteiger partial charge in [0.1, 0.15) is 6.61 Å². The fraction of sp³-hybridized carbons (Fsp3) is 0.579. The van der Waals surface area contributed by atoms with Crippen LogP contribution in [0.3, 0.4) is 0 Å². The highest BCUT2D eigenvalue weighted by molar-refractivity contribution is 6.31. The Morgan fingerprint density at radius 2 is 2.00 bits per heavy atom. The maximum Gasteiger partial charge on any atom is 0.251 e. The first-order valence-electron chi connectivity index (χ1n) is 9.15. The lowest BCUT2D eigenvalue weighted by atomic mass is 9.97. The third-order valence-electron chi connectivity index (χ3n) is 5.12. The lowest BCUT2D eigenvalue weighted by molar-refractivity contribution is -0.148. The first kappa shape index (κ1) is 19.1. The molecule has 0 radical (unpaired) electrons. The first-order valence-corrected chi connectivity index (χ1v) is 9.53. The second-order valence-electron chi connectivity index (χ2n) is 7.21. The van der Waals surface area contributed by atoms with Gasteiger partial charge in [0.2, 0.25) is 5.91 Å². The van der Waals surface area contributed by atoms with Crippen molar-refractivity contribution in [2.45, 2.75) is 50.9 Å². The Balaban J connectivity index is 1.67. The van der Waals surface area contributed by atoms with E-state index in [9.17, 15) is 9.59 Å². The highest BCUT2D eigenvalue weighted by Crippen LogP contribution is 2.29. The normalized spacial score (nSPS) is 25.2. The second-order valence-corrected chi connectivity index (χ2v) is 7.62. The first-order chi connectivity index (χ1) is 12.5. The van der Waals surface area contributed by atoms with Gasteiger partial charge < -0.3 is 20.3 Å². The summed E-state index contributed by atoms with van der Waals surface area (Å²) >= 11 is 6.27. The van der Waals surface area contributed by atoms with Gasteiger partial charge >= 0.3 is 0 Å².